The Morgan fingerprint density at radius 3 is 2.54 bits per heavy atom. The molecule has 0 aliphatic heterocycles. The van der Waals surface area contributed by atoms with Gasteiger partial charge in [-0.3, -0.25) is 0 Å². The van der Waals surface area contributed by atoms with E-state index in [1.807, 2.05) is 0 Å². The first kappa shape index (κ1) is 16.2. The molecule has 0 spiro atoms. The third-order valence-electron chi connectivity index (χ3n) is 8.36. The van der Waals surface area contributed by atoms with Crippen molar-refractivity contribution in [3.8, 4) is 0 Å². The summed E-state index contributed by atoms with van der Waals surface area (Å²) in [5.41, 5.74) is 1.64. The normalized spacial score (nSPS) is 53.0. The molecule has 3 heteroatoms. The van der Waals surface area contributed by atoms with Gasteiger partial charge in [-0.15, -0.1) is 0 Å². The number of hydrogen-bond acceptors (Lipinski definition) is 1. The molecule has 0 aromatic carbocycles. The van der Waals surface area contributed by atoms with Gasteiger partial charge in [-0.05, 0) is 61.9 Å². The molecule has 3 fully saturated rings. The highest BCUT2D eigenvalue weighted by Crippen LogP contribution is 2.65. The van der Waals surface area contributed by atoms with Crippen molar-refractivity contribution in [2.24, 2.45) is 28.6 Å². The first-order chi connectivity index (χ1) is 11.4. The number of hydrogen-bond donors (Lipinski definition) is 1. The van der Waals surface area contributed by atoms with E-state index >= 15 is 0 Å². The first-order valence-electron chi connectivity index (χ1n) is 9.56. The zero-order chi connectivity index (χ0) is 17.1. The molecule has 0 aromatic rings. The van der Waals surface area contributed by atoms with Crippen LogP contribution in [0.3, 0.4) is 0 Å². The molecular weight excluding hydrogens is 296 g/mol. The maximum absolute atomic E-state index is 10.1. The predicted octanol–water partition coefficient (Wildman–Crippen LogP) is 4.50. The van der Waals surface area contributed by atoms with Crippen LogP contribution in [-0.4, -0.2) is 23.3 Å². The third kappa shape index (κ3) is 1.98. The molecule has 0 radical (unpaired) electrons. The molecule has 4 rings (SSSR count). The molecule has 0 aromatic heterocycles. The summed E-state index contributed by atoms with van der Waals surface area (Å²) in [5, 5.41) is 10.1. The van der Waals surface area contributed by atoms with E-state index in [-0.39, 0.29) is 29.0 Å². The van der Waals surface area contributed by atoms with E-state index in [0.717, 1.165) is 44.9 Å². The molecule has 0 bridgehead atoms. The van der Waals surface area contributed by atoms with Gasteiger partial charge in [-0.2, -0.15) is 0 Å². The predicted molar refractivity (Wildman–Crippen MR) is 93.9 cm³/mol. The highest BCUT2D eigenvalue weighted by Gasteiger charge is 2.64. The van der Waals surface area contributed by atoms with Crippen molar-refractivity contribution in [3.63, 3.8) is 0 Å². The zero-order valence-electron chi connectivity index (χ0n) is 14.8. The second-order valence-electron chi connectivity index (χ2n) is 9.18. The minimum atomic E-state index is -0.223. The van der Waals surface area contributed by atoms with Crippen LogP contribution in [0.1, 0.15) is 58.8 Å². The maximum atomic E-state index is 10.1. The Balaban J connectivity index is 1.77. The second-order valence-corrected chi connectivity index (χ2v) is 9.18. The summed E-state index contributed by atoms with van der Waals surface area (Å²) < 4.78 is 0. The summed E-state index contributed by atoms with van der Waals surface area (Å²) in [6, 6.07) is 0.110. The molecule has 0 heterocycles. The molecule has 4 aliphatic carbocycles. The largest absolute Gasteiger partial charge is 0.393 e. The van der Waals surface area contributed by atoms with Crippen LogP contribution in [0.15, 0.2) is 11.6 Å². The number of fused-ring (bicyclic) bond motifs is 5. The number of nitrogens with zero attached hydrogens (tertiary/aromatic N) is 2. The van der Waals surface area contributed by atoms with E-state index in [1.165, 1.54) is 5.57 Å². The average molecular weight is 324 g/mol. The molecule has 128 valence electrons. The standard InChI is InChI=1S/C21H28N2O/c1-20-9-7-14(24)11-13(20)12-17(22-3)19-15-5-6-18(23-4)21(15,2)10-8-16(19)20/h12,14-19,24H,5-11H2,1-2H3/t14?,15-,16-,17?,18?,19-,20-,21-/m0/s1. The highest BCUT2D eigenvalue weighted by molar-refractivity contribution is 5.31. The van der Waals surface area contributed by atoms with Gasteiger partial charge in [0.05, 0.1) is 6.10 Å². The summed E-state index contributed by atoms with van der Waals surface area (Å²) in [4.78, 5) is 8.00. The third-order valence-corrected chi connectivity index (χ3v) is 8.36. The second kappa shape index (κ2) is 5.34. The Kier molecular flexibility index (Phi) is 3.59. The SMILES string of the molecule is [C-]#[N+]C1C=C2CC(O)CC[C@]2(C)[C@H]2CC[C@]3(C)C([N+]#[C-])CC[C@H]3[C@H]12. The molecule has 3 unspecified atom stereocenters. The van der Waals surface area contributed by atoms with E-state index in [0.29, 0.717) is 17.8 Å². The summed E-state index contributed by atoms with van der Waals surface area (Å²) >= 11 is 0. The van der Waals surface area contributed by atoms with Crippen molar-refractivity contribution in [1.29, 1.82) is 0 Å². The van der Waals surface area contributed by atoms with Crippen LogP contribution >= 0.6 is 0 Å². The minimum Gasteiger partial charge on any atom is -0.393 e. The Bertz CT molecular complexity index is 656. The van der Waals surface area contributed by atoms with Crippen LogP contribution in [0.25, 0.3) is 9.69 Å². The lowest BCUT2D eigenvalue weighted by Crippen LogP contribution is -2.54. The van der Waals surface area contributed by atoms with Gasteiger partial charge >= 0.3 is 0 Å². The first-order valence-corrected chi connectivity index (χ1v) is 9.56. The van der Waals surface area contributed by atoms with E-state index < -0.39 is 0 Å². The molecule has 24 heavy (non-hydrogen) atoms. The molecule has 3 saturated carbocycles. The van der Waals surface area contributed by atoms with Gasteiger partial charge in [-0.25, -0.2) is 13.1 Å². The van der Waals surface area contributed by atoms with Crippen molar-refractivity contribution in [3.05, 3.63) is 34.5 Å². The molecule has 3 nitrogen and oxygen atoms in total. The Hall–Kier alpha value is -1.32. The van der Waals surface area contributed by atoms with Crippen LogP contribution in [0.4, 0.5) is 0 Å². The fraction of sp³-hybridized carbons (Fsp3) is 0.810. The van der Waals surface area contributed by atoms with Crippen molar-refractivity contribution in [1.82, 2.24) is 0 Å². The summed E-state index contributed by atoms with van der Waals surface area (Å²) in [6.45, 7) is 20.1. The van der Waals surface area contributed by atoms with Crippen LogP contribution in [0.2, 0.25) is 0 Å². The van der Waals surface area contributed by atoms with Crippen molar-refractivity contribution in [2.45, 2.75) is 77.0 Å². The number of aliphatic hydroxyl groups is 1. The molecule has 0 saturated heterocycles. The smallest absolute Gasteiger partial charge is 0.245 e. The van der Waals surface area contributed by atoms with Crippen LogP contribution in [0.5, 0.6) is 0 Å². The summed E-state index contributed by atoms with van der Waals surface area (Å²) in [5.74, 6) is 1.50. The monoisotopic (exact) mass is 324 g/mol. The average Bonchev–Trinajstić information content (AvgIpc) is 2.91. The van der Waals surface area contributed by atoms with Gasteiger partial charge in [-0.1, -0.05) is 19.4 Å². The van der Waals surface area contributed by atoms with Crippen LogP contribution in [-0.2, 0) is 0 Å². The van der Waals surface area contributed by atoms with Crippen LogP contribution in [0, 0.1) is 41.7 Å². The fourth-order valence-electron chi connectivity index (χ4n) is 6.94. The molecule has 8 atom stereocenters. The van der Waals surface area contributed by atoms with E-state index in [9.17, 15) is 5.11 Å². The Labute approximate surface area is 145 Å². The van der Waals surface area contributed by atoms with Gasteiger partial charge in [0, 0.05) is 17.8 Å². The zero-order valence-corrected chi connectivity index (χ0v) is 14.8. The van der Waals surface area contributed by atoms with Gasteiger partial charge in [0.1, 0.15) is 0 Å². The van der Waals surface area contributed by atoms with Gasteiger partial charge in [0.25, 0.3) is 0 Å². The van der Waals surface area contributed by atoms with E-state index in [4.69, 9.17) is 13.1 Å². The van der Waals surface area contributed by atoms with Crippen molar-refractivity contribution >= 4 is 0 Å². The quantitative estimate of drug-likeness (QED) is 0.516. The van der Waals surface area contributed by atoms with Gasteiger partial charge in [0.2, 0.25) is 12.1 Å². The molecule has 1 N–H and O–H groups in total. The topological polar surface area (TPSA) is 28.9 Å². The maximum Gasteiger partial charge on any atom is 0.245 e. The summed E-state index contributed by atoms with van der Waals surface area (Å²) in [6.07, 6.45) is 9.16. The molecule has 0 amide bonds. The highest BCUT2D eigenvalue weighted by atomic mass is 16.3. The van der Waals surface area contributed by atoms with Crippen molar-refractivity contribution in [2.75, 3.05) is 0 Å². The van der Waals surface area contributed by atoms with Gasteiger partial charge in [0.15, 0.2) is 0 Å². The number of rotatable bonds is 0. The molecule has 4 aliphatic rings. The number of aliphatic hydroxyl groups excluding tert-OH is 1. The Morgan fingerprint density at radius 1 is 1.04 bits per heavy atom. The Morgan fingerprint density at radius 2 is 1.83 bits per heavy atom. The van der Waals surface area contributed by atoms with Crippen LogP contribution < -0.4 is 0 Å². The lowest BCUT2D eigenvalue weighted by molar-refractivity contribution is -0.0397. The lowest BCUT2D eigenvalue weighted by Gasteiger charge is -2.56. The fourth-order valence-corrected chi connectivity index (χ4v) is 6.94. The molecular formula is C21H28N2O. The van der Waals surface area contributed by atoms with Crippen molar-refractivity contribution < 1.29 is 5.11 Å². The summed E-state index contributed by atoms with van der Waals surface area (Å²) in [7, 11) is 0. The van der Waals surface area contributed by atoms with Gasteiger partial charge < -0.3 is 14.8 Å². The minimum absolute atomic E-state index is 0.0440. The van der Waals surface area contributed by atoms with E-state index in [2.05, 4.69) is 29.6 Å². The van der Waals surface area contributed by atoms with E-state index in [1.54, 1.807) is 0 Å². The lowest BCUT2D eigenvalue weighted by atomic mass is 9.47.